The second kappa shape index (κ2) is 5.23. The fraction of sp³-hybridized carbons (Fsp3) is 0.182. The number of benzene rings is 1. The molecule has 0 N–H and O–H groups in total. The van der Waals surface area contributed by atoms with Crippen molar-refractivity contribution in [3.8, 4) is 5.75 Å². The van der Waals surface area contributed by atoms with Crippen LogP contribution in [-0.2, 0) is 13.7 Å². The highest BCUT2D eigenvalue weighted by Gasteiger charge is 2.14. The van der Waals surface area contributed by atoms with Gasteiger partial charge in [-0.1, -0.05) is 11.6 Å². The van der Waals surface area contributed by atoms with Gasteiger partial charge in [-0.05, 0) is 6.07 Å². The van der Waals surface area contributed by atoms with Crippen LogP contribution in [0.4, 0.5) is 10.1 Å². The van der Waals surface area contributed by atoms with Gasteiger partial charge in [0, 0.05) is 19.2 Å². The van der Waals surface area contributed by atoms with Crippen molar-refractivity contribution in [3.63, 3.8) is 0 Å². The Labute approximate surface area is 112 Å². The quantitative estimate of drug-likeness (QED) is 0.640. The van der Waals surface area contributed by atoms with Crippen LogP contribution < -0.4 is 4.74 Å². The third kappa shape index (κ3) is 2.82. The second-order valence-corrected chi connectivity index (χ2v) is 4.10. The van der Waals surface area contributed by atoms with Gasteiger partial charge in [-0.15, -0.1) is 0 Å². The Morgan fingerprint density at radius 3 is 2.84 bits per heavy atom. The third-order valence-electron chi connectivity index (χ3n) is 2.51. The van der Waals surface area contributed by atoms with E-state index in [4.69, 9.17) is 16.3 Å². The van der Waals surface area contributed by atoms with Crippen LogP contribution in [0.3, 0.4) is 0 Å². The van der Waals surface area contributed by atoms with Crippen molar-refractivity contribution >= 4 is 17.3 Å². The van der Waals surface area contributed by atoms with Crippen LogP contribution in [-0.4, -0.2) is 14.5 Å². The third-order valence-corrected chi connectivity index (χ3v) is 2.86. The molecule has 0 saturated heterocycles. The van der Waals surface area contributed by atoms with E-state index >= 15 is 0 Å². The molecule has 0 spiro atoms. The Balaban J connectivity index is 2.10. The molecule has 0 aliphatic rings. The Kier molecular flexibility index (Phi) is 3.66. The molecule has 0 aliphatic heterocycles. The first kappa shape index (κ1) is 13.3. The molecule has 0 bridgehead atoms. The van der Waals surface area contributed by atoms with E-state index in [0.717, 1.165) is 12.1 Å². The first-order valence-electron chi connectivity index (χ1n) is 5.22. The van der Waals surface area contributed by atoms with Crippen molar-refractivity contribution < 1.29 is 14.1 Å². The number of aromatic nitrogens is 2. The number of halogens is 2. The second-order valence-electron chi connectivity index (χ2n) is 3.72. The number of hydrogen-bond donors (Lipinski definition) is 0. The maximum Gasteiger partial charge on any atom is 0.305 e. The predicted octanol–water partition coefficient (Wildman–Crippen LogP) is 2.70. The standard InChI is InChI=1S/C11H9ClFN3O3/c1-15-10(12)5-14-11(15)6-19-7-2-3-9(16(17)18)8(13)4-7/h2-5H,6H2,1H3. The highest BCUT2D eigenvalue weighted by molar-refractivity contribution is 6.29. The molecule has 8 heteroatoms. The lowest BCUT2D eigenvalue weighted by molar-refractivity contribution is -0.387. The average molecular weight is 286 g/mol. The van der Waals surface area contributed by atoms with E-state index in [1.54, 1.807) is 11.6 Å². The van der Waals surface area contributed by atoms with Gasteiger partial charge in [-0.3, -0.25) is 10.1 Å². The highest BCUT2D eigenvalue weighted by atomic mass is 35.5. The number of hydrogen-bond acceptors (Lipinski definition) is 4. The van der Waals surface area contributed by atoms with Crippen molar-refractivity contribution in [3.05, 3.63) is 51.3 Å². The van der Waals surface area contributed by atoms with Crippen molar-refractivity contribution in [1.29, 1.82) is 0 Å². The number of nitrogens with zero attached hydrogens (tertiary/aromatic N) is 3. The van der Waals surface area contributed by atoms with Gasteiger partial charge >= 0.3 is 5.69 Å². The molecule has 0 aliphatic carbocycles. The molecular weight excluding hydrogens is 277 g/mol. The van der Waals surface area contributed by atoms with E-state index in [0.29, 0.717) is 11.0 Å². The smallest absolute Gasteiger partial charge is 0.305 e. The van der Waals surface area contributed by atoms with Crippen LogP contribution >= 0.6 is 11.6 Å². The van der Waals surface area contributed by atoms with Crippen molar-refractivity contribution in [2.75, 3.05) is 0 Å². The zero-order valence-corrected chi connectivity index (χ0v) is 10.6. The molecule has 1 aromatic carbocycles. The van der Waals surface area contributed by atoms with Crippen LogP contribution in [0.15, 0.2) is 24.4 Å². The average Bonchev–Trinajstić information content (AvgIpc) is 2.67. The molecule has 1 heterocycles. The maximum absolute atomic E-state index is 13.3. The van der Waals surface area contributed by atoms with Gasteiger partial charge in [-0.2, -0.15) is 4.39 Å². The fourth-order valence-electron chi connectivity index (χ4n) is 1.43. The summed E-state index contributed by atoms with van der Waals surface area (Å²) in [7, 11) is 1.71. The summed E-state index contributed by atoms with van der Waals surface area (Å²) < 4.78 is 20.3. The van der Waals surface area contributed by atoms with Crippen LogP contribution in [0.2, 0.25) is 5.15 Å². The summed E-state index contributed by atoms with van der Waals surface area (Å²) in [5, 5.41) is 10.9. The Morgan fingerprint density at radius 1 is 1.58 bits per heavy atom. The van der Waals surface area contributed by atoms with E-state index in [1.807, 2.05) is 0 Å². The van der Waals surface area contributed by atoms with E-state index < -0.39 is 16.4 Å². The van der Waals surface area contributed by atoms with Crippen molar-refractivity contribution in [1.82, 2.24) is 9.55 Å². The predicted molar refractivity (Wildman–Crippen MR) is 65.6 cm³/mol. The van der Waals surface area contributed by atoms with Gasteiger partial charge in [0.15, 0.2) is 0 Å². The Morgan fingerprint density at radius 2 is 2.32 bits per heavy atom. The Bertz CT molecular complexity index is 630. The van der Waals surface area contributed by atoms with Crippen LogP contribution in [0.25, 0.3) is 0 Å². The molecule has 2 aromatic rings. The Hall–Kier alpha value is -2.15. The van der Waals surface area contributed by atoms with Crippen molar-refractivity contribution in [2.45, 2.75) is 6.61 Å². The SMILES string of the molecule is Cn1c(Cl)cnc1COc1ccc([N+](=O)[O-])c(F)c1. The lowest BCUT2D eigenvalue weighted by Gasteiger charge is -2.06. The lowest BCUT2D eigenvalue weighted by Crippen LogP contribution is -2.04. The molecule has 2 rings (SSSR count). The highest BCUT2D eigenvalue weighted by Crippen LogP contribution is 2.23. The van der Waals surface area contributed by atoms with Gasteiger partial charge in [0.2, 0.25) is 5.82 Å². The van der Waals surface area contributed by atoms with Gasteiger partial charge in [0.25, 0.3) is 0 Å². The molecule has 1 aromatic heterocycles. The fourth-order valence-corrected chi connectivity index (χ4v) is 1.58. The minimum Gasteiger partial charge on any atom is -0.486 e. The number of imidazole rings is 1. The summed E-state index contributed by atoms with van der Waals surface area (Å²) in [6, 6.07) is 3.34. The normalized spacial score (nSPS) is 10.5. The molecule has 6 nitrogen and oxygen atoms in total. The minimum atomic E-state index is -0.944. The summed E-state index contributed by atoms with van der Waals surface area (Å²) in [6.07, 6.45) is 1.47. The van der Waals surface area contributed by atoms with Gasteiger partial charge in [0.1, 0.15) is 23.3 Å². The molecule has 0 atom stereocenters. The topological polar surface area (TPSA) is 70.2 Å². The molecule has 0 radical (unpaired) electrons. The molecule has 19 heavy (non-hydrogen) atoms. The van der Waals surface area contributed by atoms with Gasteiger partial charge < -0.3 is 9.30 Å². The first-order valence-corrected chi connectivity index (χ1v) is 5.59. The van der Waals surface area contributed by atoms with Gasteiger partial charge in [-0.25, -0.2) is 4.98 Å². The number of ether oxygens (including phenoxy) is 1. The zero-order chi connectivity index (χ0) is 14.0. The molecule has 0 unspecified atom stereocenters. The zero-order valence-electron chi connectivity index (χ0n) is 9.84. The molecule has 100 valence electrons. The first-order chi connectivity index (χ1) is 8.99. The van der Waals surface area contributed by atoms with E-state index in [2.05, 4.69) is 4.98 Å². The lowest BCUT2D eigenvalue weighted by atomic mass is 10.3. The summed E-state index contributed by atoms with van der Waals surface area (Å²) in [6.45, 7) is 0.0838. The summed E-state index contributed by atoms with van der Waals surface area (Å²) >= 11 is 5.80. The largest absolute Gasteiger partial charge is 0.486 e. The number of nitro groups is 1. The van der Waals surface area contributed by atoms with Crippen LogP contribution in [0.5, 0.6) is 5.75 Å². The monoisotopic (exact) mass is 285 g/mol. The molecular formula is C11H9ClFN3O3. The molecule has 0 saturated carbocycles. The number of nitro benzene ring substituents is 1. The van der Waals surface area contributed by atoms with E-state index in [1.165, 1.54) is 12.3 Å². The van der Waals surface area contributed by atoms with Crippen LogP contribution in [0.1, 0.15) is 5.82 Å². The molecule has 0 fully saturated rings. The van der Waals surface area contributed by atoms with Crippen LogP contribution in [0, 0.1) is 15.9 Å². The van der Waals surface area contributed by atoms with E-state index in [-0.39, 0.29) is 12.4 Å². The summed E-state index contributed by atoms with van der Waals surface area (Å²) in [5.41, 5.74) is -0.590. The van der Waals surface area contributed by atoms with E-state index in [9.17, 15) is 14.5 Å². The van der Waals surface area contributed by atoms with Gasteiger partial charge in [0.05, 0.1) is 11.1 Å². The summed E-state index contributed by atoms with van der Waals surface area (Å²) in [4.78, 5) is 13.7. The number of rotatable bonds is 4. The summed E-state index contributed by atoms with van der Waals surface area (Å²) in [5.74, 6) is -0.202. The molecule has 0 amide bonds. The maximum atomic E-state index is 13.3. The van der Waals surface area contributed by atoms with Crippen molar-refractivity contribution in [2.24, 2.45) is 7.05 Å². The minimum absolute atomic E-state index is 0.0838.